The fourth-order valence-electron chi connectivity index (χ4n) is 4.40. The van der Waals surface area contributed by atoms with Gasteiger partial charge in [0, 0.05) is 16.5 Å². The van der Waals surface area contributed by atoms with Crippen molar-refractivity contribution in [2.75, 3.05) is 0 Å². The molecule has 5 rings (SSSR count). The van der Waals surface area contributed by atoms with Crippen molar-refractivity contribution in [2.24, 2.45) is 10.2 Å². The third-order valence-corrected chi connectivity index (χ3v) is 6.75. The Morgan fingerprint density at radius 2 is 1.63 bits per heavy atom. The lowest BCUT2D eigenvalue weighted by Crippen LogP contribution is -1.95. The smallest absolute Gasteiger partial charge is 0.335 e. The zero-order valence-electron chi connectivity index (χ0n) is 20.6. The number of halogens is 1. The van der Waals surface area contributed by atoms with Crippen molar-refractivity contribution in [1.82, 2.24) is 4.98 Å². The van der Waals surface area contributed by atoms with Crippen LogP contribution < -0.4 is 0 Å². The molecule has 0 atom stereocenters. The molecule has 7 nitrogen and oxygen atoms in total. The number of nitrogens with zero attached hydrogens (tertiary/aromatic N) is 2. The first-order valence-electron chi connectivity index (χ1n) is 12.0. The summed E-state index contributed by atoms with van der Waals surface area (Å²) in [6.45, 7) is 4.26. The molecule has 0 radical (unpaired) electrons. The highest BCUT2D eigenvalue weighted by molar-refractivity contribution is 6.35. The summed E-state index contributed by atoms with van der Waals surface area (Å²) in [6.07, 6.45) is 0. The molecule has 8 heteroatoms. The summed E-state index contributed by atoms with van der Waals surface area (Å²) in [5.41, 5.74) is 4.85. The molecule has 0 saturated heterocycles. The Labute approximate surface area is 223 Å². The maximum atomic E-state index is 11.4. The highest BCUT2D eigenvalue weighted by Crippen LogP contribution is 2.44. The van der Waals surface area contributed by atoms with E-state index in [2.05, 4.69) is 41.2 Å². The number of benzene rings is 4. The van der Waals surface area contributed by atoms with Crippen LogP contribution in [0.3, 0.4) is 0 Å². The van der Waals surface area contributed by atoms with Crippen molar-refractivity contribution in [3.8, 4) is 33.9 Å². The number of aromatic carboxylic acids is 1. The monoisotopic (exact) mass is 525 g/mol. The number of azo groups is 1. The van der Waals surface area contributed by atoms with Crippen LogP contribution >= 0.6 is 11.6 Å². The molecule has 1 heterocycles. The fraction of sp³-hybridized carbons (Fsp3) is 0.100. The van der Waals surface area contributed by atoms with E-state index in [4.69, 9.17) is 11.6 Å². The number of phenols is 1. The van der Waals surface area contributed by atoms with Crippen LogP contribution in [0.5, 0.6) is 11.6 Å². The highest BCUT2D eigenvalue weighted by Gasteiger charge is 2.18. The topological polar surface area (TPSA) is 118 Å². The van der Waals surface area contributed by atoms with E-state index in [0.717, 1.165) is 11.1 Å². The lowest BCUT2D eigenvalue weighted by molar-refractivity contribution is 0.0697. The number of carboxylic acids is 1. The van der Waals surface area contributed by atoms with Crippen molar-refractivity contribution < 1.29 is 20.1 Å². The molecule has 0 unspecified atom stereocenters. The minimum atomic E-state index is -1.06. The van der Waals surface area contributed by atoms with Gasteiger partial charge in [0.1, 0.15) is 5.69 Å². The molecular formula is C30H24ClN3O4. The van der Waals surface area contributed by atoms with Crippen molar-refractivity contribution in [1.29, 1.82) is 0 Å². The van der Waals surface area contributed by atoms with Gasteiger partial charge in [-0.15, -0.1) is 10.2 Å². The minimum Gasteiger partial charge on any atom is -0.505 e. The second-order valence-electron chi connectivity index (χ2n) is 9.20. The van der Waals surface area contributed by atoms with Crippen LogP contribution in [-0.4, -0.2) is 26.3 Å². The number of para-hydroxylation sites is 1. The summed E-state index contributed by atoms with van der Waals surface area (Å²) in [7, 11) is 0. The second-order valence-corrected chi connectivity index (χ2v) is 9.61. The molecule has 190 valence electrons. The van der Waals surface area contributed by atoms with Crippen molar-refractivity contribution in [3.63, 3.8) is 0 Å². The number of carbonyl (C=O) groups is 1. The van der Waals surface area contributed by atoms with E-state index in [1.54, 1.807) is 42.5 Å². The molecule has 4 aromatic carbocycles. The number of aromatic amines is 1. The van der Waals surface area contributed by atoms with Crippen LogP contribution in [-0.2, 0) is 0 Å². The highest BCUT2D eigenvalue weighted by atomic mass is 35.5. The summed E-state index contributed by atoms with van der Waals surface area (Å²) in [6, 6.07) is 22.8. The number of nitrogens with one attached hydrogen (secondary N) is 1. The van der Waals surface area contributed by atoms with Crippen LogP contribution in [0.2, 0.25) is 5.02 Å². The standard InChI is InChI=1S/C30H24ClN3O4/c1-16(2)17-9-11-18(12-10-17)25-23(31)14-13-22-26(25)32-29(36)27(22)34-33-24-8-4-7-21(28(24)35)19-5-3-6-20(15-19)30(37)38/h3-16,32,35-36H,1-2H3,(H,37,38). The van der Waals surface area contributed by atoms with Gasteiger partial charge in [0.25, 0.3) is 0 Å². The maximum absolute atomic E-state index is 11.4. The number of carboxylic acid groups (broad SMARTS) is 1. The Morgan fingerprint density at radius 1 is 0.895 bits per heavy atom. The van der Waals surface area contributed by atoms with E-state index >= 15 is 0 Å². The lowest BCUT2D eigenvalue weighted by Gasteiger charge is -2.09. The molecule has 5 aromatic rings. The van der Waals surface area contributed by atoms with Crippen molar-refractivity contribution in [3.05, 3.63) is 95.0 Å². The van der Waals surface area contributed by atoms with E-state index in [9.17, 15) is 20.1 Å². The molecule has 38 heavy (non-hydrogen) atoms. The van der Waals surface area contributed by atoms with E-state index in [1.807, 2.05) is 12.1 Å². The van der Waals surface area contributed by atoms with Crippen molar-refractivity contribution >= 4 is 39.8 Å². The van der Waals surface area contributed by atoms with Gasteiger partial charge in [-0.1, -0.05) is 74.0 Å². The second kappa shape index (κ2) is 10.0. The van der Waals surface area contributed by atoms with Crippen LogP contribution in [0, 0.1) is 0 Å². The van der Waals surface area contributed by atoms with Gasteiger partial charge in [-0.25, -0.2) is 4.79 Å². The average Bonchev–Trinajstić information content (AvgIpc) is 3.22. The molecule has 0 aliphatic carbocycles. The van der Waals surface area contributed by atoms with Crippen LogP contribution in [0.25, 0.3) is 33.2 Å². The number of hydrogen-bond acceptors (Lipinski definition) is 5. The Hall–Kier alpha value is -4.62. The third kappa shape index (κ3) is 4.60. The van der Waals surface area contributed by atoms with Crippen LogP contribution in [0.1, 0.15) is 35.7 Å². The Kier molecular flexibility index (Phi) is 6.61. The summed E-state index contributed by atoms with van der Waals surface area (Å²) < 4.78 is 0. The largest absolute Gasteiger partial charge is 0.505 e. The Bertz CT molecular complexity index is 1710. The zero-order chi connectivity index (χ0) is 27.0. The molecule has 0 aliphatic heterocycles. The average molecular weight is 526 g/mol. The molecule has 0 aliphatic rings. The molecular weight excluding hydrogens is 502 g/mol. The molecule has 0 spiro atoms. The minimum absolute atomic E-state index is 0.103. The molecule has 0 saturated carbocycles. The summed E-state index contributed by atoms with van der Waals surface area (Å²) in [5, 5.41) is 40.5. The number of phenolic OH excluding ortho intramolecular Hbond substituents is 1. The van der Waals surface area contributed by atoms with Gasteiger partial charge in [-0.05, 0) is 52.9 Å². The zero-order valence-corrected chi connectivity index (χ0v) is 21.4. The predicted octanol–water partition coefficient (Wildman–Crippen LogP) is 8.80. The number of rotatable bonds is 6. The number of aromatic nitrogens is 1. The van der Waals surface area contributed by atoms with Gasteiger partial charge in [-0.2, -0.15) is 0 Å². The first kappa shape index (κ1) is 25.0. The number of H-pyrrole nitrogens is 1. The number of fused-ring (bicyclic) bond motifs is 1. The summed E-state index contributed by atoms with van der Waals surface area (Å²) in [5.74, 6) is -1.01. The number of hydrogen-bond donors (Lipinski definition) is 4. The summed E-state index contributed by atoms with van der Waals surface area (Å²) in [4.78, 5) is 14.3. The van der Waals surface area contributed by atoms with Gasteiger partial charge in [0.15, 0.2) is 11.4 Å². The van der Waals surface area contributed by atoms with Gasteiger partial charge in [0.2, 0.25) is 5.88 Å². The van der Waals surface area contributed by atoms with Gasteiger partial charge >= 0.3 is 5.97 Å². The molecule has 0 amide bonds. The molecule has 4 N–H and O–H groups in total. The van der Waals surface area contributed by atoms with E-state index in [1.165, 1.54) is 17.7 Å². The molecule has 0 fully saturated rings. The maximum Gasteiger partial charge on any atom is 0.335 e. The van der Waals surface area contributed by atoms with Gasteiger partial charge in [-0.3, -0.25) is 0 Å². The first-order valence-corrected chi connectivity index (χ1v) is 12.3. The van der Waals surface area contributed by atoms with Crippen LogP contribution in [0.15, 0.2) is 89.1 Å². The van der Waals surface area contributed by atoms with Gasteiger partial charge in [0.05, 0.1) is 16.1 Å². The summed E-state index contributed by atoms with van der Waals surface area (Å²) >= 11 is 6.58. The van der Waals surface area contributed by atoms with E-state index < -0.39 is 5.97 Å². The van der Waals surface area contributed by atoms with Gasteiger partial charge < -0.3 is 20.3 Å². The predicted molar refractivity (Wildman–Crippen MR) is 149 cm³/mol. The van der Waals surface area contributed by atoms with Crippen molar-refractivity contribution in [2.45, 2.75) is 19.8 Å². The first-order chi connectivity index (χ1) is 18.2. The molecule has 0 bridgehead atoms. The van der Waals surface area contributed by atoms with E-state index in [-0.39, 0.29) is 28.6 Å². The number of aromatic hydroxyl groups is 2. The van der Waals surface area contributed by atoms with Crippen LogP contribution in [0.4, 0.5) is 11.4 Å². The Morgan fingerprint density at radius 3 is 2.34 bits per heavy atom. The fourth-order valence-corrected chi connectivity index (χ4v) is 4.66. The molecule has 1 aromatic heterocycles. The normalized spacial score (nSPS) is 11.6. The Balaban J connectivity index is 1.55. The third-order valence-electron chi connectivity index (χ3n) is 6.44. The SMILES string of the molecule is CC(C)c1ccc(-c2c(Cl)ccc3c(N=Nc4cccc(-c5cccc(C(=O)O)c5)c4O)c(O)[nH]c23)cc1. The van der Waals surface area contributed by atoms with E-state index in [0.29, 0.717) is 33.0 Å². The lowest BCUT2D eigenvalue weighted by atomic mass is 9.97. The quantitative estimate of drug-likeness (QED) is 0.165.